The fourth-order valence-corrected chi connectivity index (χ4v) is 0. The molecule has 18 heteroatoms. The summed E-state index contributed by atoms with van der Waals surface area (Å²) >= 11 is -3.94. The molecule has 0 aliphatic heterocycles. The zero-order chi connectivity index (χ0) is 15.6. The van der Waals surface area contributed by atoms with Gasteiger partial charge in [0.2, 0.25) is 0 Å². The first-order chi connectivity index (χ1) is 7.73. The van der Waals surface area contributed by atoms with Crippen molar-refractivity contribution in [1.29, 1.82) is 31.6 Å². The fraction of sp³-hybridized carbons (Fsp3) is 0. The molecule has 0 radical (unpaired) electrons. The van der Waals surface area contributed by atoms with Crippen LogP contribution in [-0.2, 0) is 39.8 Å². The monoisotopic (exact) mass is 484 g/mol. The van der Waals surface area contributed by atoms with Gasteiger partial charge in [-0.05, 0) is 0 Å². The van der Waals surface area contributed by atoms with E-state index >= 15 is 0 Å². The molecular weight excluding hydrogens is 481 g/mol. The third-order valence-corrected chi connectivity index (χ3v) is 0. The summed E-state index contributed by atoms with van der Waals surface area (Å²) in [5, 5.41) is 37.5. The van der Waals surface area contributed by atoms with E-state index in [2.05, 4.69) is 0 Å². The second-order valence-corrected chi connectivity index (χ2v) is 0.922. The molecule has 9 nitrogen and oxygen atoms in total. The van der Waals surface area contributed by atoms with Crippen LogP contribution < -0.4 is 181 Å². The van der Waals surface area contributed by atoms with E-state index < -0.39 is 15.4 Å². The van der Waals surface area contributed by atoms with Gasteiger partial charge in [-0.15, -0.1) is 0 Å². The van der Waals surface area contributed by atoms with Crippen molar-refractivity contribution in [1.82, 2.24) is 0 Å². The molecular formula is C6H3FeN6Na6O3SV. The molecule has 0 spiro atoms. The molecule has 100 valence electrons. The quantitative estimate of drug-likeness (QED) is 0.237. The zero-order valence-corrected chi connectivity index (χ0v) is 29.7. The van der Waals surface area contributed by atoms with Crippen LogP contribution in [0.5, 0.6) is 0 Å². The van der Waals surface area contributed by atoms with Crippen LogP contribution >= 0.6 is 13.5 Å². The number of hydrogen-bond donors (Lipinski definition) is 0. The minimum atomic E-state index is -3.94. The maximum absolute atomic E-state index is 8.56. The third-order valence-electron chi connectivity index (χ3n) is 0. The van der Waals surface area contributed by atoms with Crippen molar-refractivity contribution < 1.29 is 223 Å². The molecule has 0 aromatic rings. The molecule has 0 saturated carbocycles. The summed E-state index contributed by atoms with van der Waals surface area (Å²) in [5.74, 6) is 0. The molecule has 0 saturated heterocycles. The minimum absolute atomic E-state index is 0. The summed E-state index contributed by atoms with van der Waals surface area (Å²) < 4.78 is 25.7. The maximum atomic E-state index is 8.56. The average Bonchev–Trinajstić information content (AvgIpc) is 2.42. The van der Waals surface area contributed by atoms with Gasteiger partial charge in [0, 0.05) is 0 Å². The van der Waals surface area contributed by atoms with Crippen molar-refractivity contribution in [3.63, 3.8) is 0 Å². The van der Waals surface area contributed by atoms with Gasteiger partial charge in [0.05, 0.1) is 0 Å². The van der Waals surface area contributed by atoms with Crippen LogP contribution in [0, 0.1) is 71.0 Å². The molecule has 0 heterocycles. The first kappa shape index (κ1) is 121. The van der Waals surface area contributed by atoms with E-state index in [-0.39, 0.29) is 209 Å². The van der Waals surface area contributed by atoms with Gasteiger partial charge in [0.15, 0.2) is 0 Å². The summed E-state index contributed by atoms with van der Waals surface area (Å²) in [6.07, 6.45) is 0. The van der Waals surface area contributed by atoms with Crippen LogP contribution in [0.25, 0.3) is 0 Å². The van der Waals surface area contributed by atoms with Gasteiger partial charge in [-0.1, -0.05) is 0 Å². The van der Waals surface area contributed by atoms with Gasteiger partial charge < -0.3 is 72.4 Å². The van der Waals surface area contributed by atoms with Gasteiger partial charge in [-0.2, -0.15) is 13.5 Å². The van der Waals surface area contributed by atoms with Crippen molar-refractivity contribution >= 4 is 13.5 Å². The van der Waals surface area contributed by atoms with Crippen molar-refractivity contribution in [3.8, 4) is 0 Å². The number of nitrogens with zero attached hydrogens (tertiary/aromatic N) is 6. The van der Waals surface area contributed by atoms with Crippen molar-refractivity contribution in [3.05, 3.63) is 39.4 Å². The summed E-state index contributed by atoms with van der Waals surface area (Å²) in [6, 6.07) is 0. The molecule has 0 aliphatic carbocycles. The van der Waals surface area contributed by atoms with Crippen LogP contribution in [0.2, 0.25) is 0 Å². The van der Waals surface area contributed by atoms with E-state index in [0.717, 1.165) is 0 Å². The Morgan fingerprint density at radius 1 is 0.542 bits per heavy atom. The van der Waals surface area contributed by atoms with Crippen molar-refractivity contribution in [2.45, 2.75) is 0 Å². The van der Waals surface area contributed by atoms with Crippen molar-refractivity contribution in [2.24, 2.45) is 0 Å². The summed E-state index contributed by atoms with van der Waals surface area (Å²) in [4.78, 5) is 0. The molecule has 0 fully saturated rings. The van der Waals surface area contributed by atoms with Gasteiger partial charge in [-0.3, -0.25) is 0 Å². The SMILES string of the molecule is S.[C-]#N.[C-]#N.[C-]#N.[C-]#N.[C-]#N.[C-]#N.[Fe+2].[H-].[Na+].[Na+].[Na+].[Na+].[Na+].[Na+].[O]=[V](=[O])[O-]. The van der Waals surface area contributed by atoms with E-state index in [4.69, 9.17) is 82.4 Å². The van der Waals surface area contributed by atoms with E-state index in [1.165, 1.54) is 0 Å². The summed E-state index contributed by atoms with van der Waals surface area (Å²) in [6.45, 7) is 28.5. The average molecular weight is 484 g/mol. The molecule has 0 atom stereocenters. The number of rotatable bonds is 0. The van der Waals surface area contributed by atoms with Crippen LogP contribution in [0.1, 0.15) is 1.43 Å². The predicted molar refractivity (Wildman–Crippen MR) is 42.7 cm³/mol. The Morgan fingerprint density at radius 2 is 0.542 bits per heavy atom. The molecule has 0 aromatic heterocycles. The first-order valence-electron chi connectivity index (χ1n) is 1.89. The van der Waals surface area contributed by atoms with Gasteiger partial charge in [0.1, 0.15) is 0 Å². The Morgan fingerprint density at radius 3 is 0.542 bits per heavy atom. The normalized spacial score (nSPS) is 1.54. The zero-order valence-electron chi connectivity index (χ0n) is 15.2. The summed E-state index contributed by atoms with van der Waals surface area (Å²) in [7, 11) is 0. The molecule has 0 aliphatic rings. The Kier molecular flexibility index (Phi) is 1890. The molecule has 0 aromatic carbocycles. The van der Waals surface area contributed by atoms with E-state index in [1.807, 2.05) is 0 Å². The Hall–Kier alpha value is 3.95. The van der Waals surface area contributed by atoms with E-state index in [1.54, 1.807) is 0 Å². The third kappa shape index (κ3) is 1030. The van der Waals surface area contributed by atoms with Crippen LogP contribution in [0.15, 0.2) is 0 Å². The Labute approximate surface area is 300 Å². The first-order valence-corrected chi connectivity index (χ1v) is 3.60. The molecule has 0 rings (SSSR count). The molecule has 0 unspecified atom stereocenters. The van der Waals surface area contributed by atoms with Gasteiger partial charge in [0.25, 0.3) is 0 Å². The Balaban J connectivity index is -0.00000000260. The standard InChI is InChI=1S/6CN.Fe.6Na.3O.H2S.V.H/c6*1-2;;;;;;;;;;;;;/h;;;;;;;;;;;;;;;;1H2;;/q6*-1;+2;6*+1;;;-1;;;-1. The van der Waals surface area contributed by atoms with Gasteiger partial charge in [-0.25, -0.2) is 0 Å². The molecule has 0 N–H and O–H groups in total. The Bertz CT molecular complexity index is 241. The molecule has 0 bridgehead atoms. The van der Waals surface area contributed by atoms with Crippen molar-refractivity contribution in [2.75, 3.05) is 0 Å². The fourth-order valence-electron chi connectivity index (χ4n) is 0. The van der Waals surface area contributed by atoms with E-state index in [0.29, 0.717) is 0 Å². The second kappa shape index (κ2) is 375. The van der Waals surface area contributed by atoms with E-state index in [9.17, 15) is 0 Å². The second-order valence-electron chi connectivity index (χ2n) is 0.224. The predicted octanol–water partition coefficient (Wildman–Crippen LogP) is -18.6. The van der Waals surface area contributed by atoms with Crippen LogP contribution in [0.4, 0.5) is 0 Å². The van der Waals surface area contributed by atoms with Crippen LogP contribution in [-0.4, -0.2) is 0 Å². The molecule has 24 heavy (non-hydrogen) atoms. The summed E-state index contributed by atoms with van der Waals surface area (Å²) in [5.41, 5.74) is 0. The van der Waals surface area contributed by atoms with Gasteiger partial charge >= 0.3 is 221 Å². The van der Waals surface area contributed by atoms with Crippen LogP contribution in [0.3, 0.4) is 0 Å². The molecule has 0 amide bonds. The number of hydrogen-bond acceptors (Lipinski definition) is 9. The topological polar surface area (TPSA) is 200 Å².